The highest BCUT2D eigenvalue weighted by Gasteiger charge is 2.43. The van der Waals surface area contributed by atoms with Crippen LogP contribution in [0.5, 0.6) is 5.75 Å². The van der Waals surface area contributed by atoms with Crippen molar-refractivity contribution in [1.82, 2.24) is 35.6 Å². The number of alkyl halides is 3. The third-order valence-electron chi connectivity index (χ3n) is 9.62. The Morgan fingerprint density at radius 2 is 1.80 bits per heavy atom. The van der Waals surface area contributed by atoms with Crippen molar-refractivity contribution in [3.05, 3.63) is 89.5 Å². The van der Waals surface area contributed by atoms with E-state index in [9.17, 15) is 37.4 Å². The number of para-hydroxylation sites is 1. The van der Waals surface area contributed by atoms with E-state index in [0.717, 1.165) is 0 Å². The monoisotopic (exact) mass is 771 g/mol. The molecule has 4 aromatic rings. The van der Waals surface area contributed by atoms with Crippen molar-refractivity contribution in [2.24, 2.45) is 5.92 Å². The Kier molecular flexibility index (Phi) is 11.6. The summed E-state index contributed by atoms with van der Waals surface area (Å²) in [6.45, 7) is 3.68. The number of fused-ring (bicyclic) bond motifs is 1. The summed E-state index contributed by atoms with van der Waals surface area (Å²) in [7, 11) is 0. The van der Waals surface area contributed by atoms with E-state index in [-0.39, 0.29) is 68.2 Å². The van der Waals surface area contributed by atoms with Crippen LogP contribution >= 0.6 is 0 Å². The molecule has 4 heterocycles. The third-order valence-corrected chi connectivity index (χ3v) is 9.62. The number of ether oxygens (including phenoxy) is 1. The van der Waals surface area contributed by atoms with Gasteiger partial charge in [0.05, 0.1) is 23.5 Å². The molecular formula is C37H41F4N7O7. The molecule has 0 radical (unpaired) electrons. The number of oxazole rings is 1. The third kappa shape index (κ3) is 9.49. The smallest absolute Gasteiger partial charge is 0.405 e. The molecule has 2 aromatic carbocycles. The summed E-state index contributed by atoms with van der Waals surface area (Å²) < 4.78 is 70.3. The number of aromatic nitrogens is 3. The van der Waals surface area contributed by atoms with Crippen molar-refractivity contribution in [2.75, 3.05) is 39.3 Å². The Labute approximate surface area is 313 Å². The van der Waals surface area contributed by atoms with Crippen LogP contribution in [-0.4, -0.2) is 105 Å². The lowest BCUT2D eigenvalue weighted by molar-refractivity contribution is -0.144. The molecule has 2 aliphatic heterocycles. The van der Waals surface area contributed by atoms with Gasteiger partial charge in [0.25, 0.3) is 0 Å². The van der Waals surface area contributed by atoms with Crippen LogP contribution in [0.2, 0.25) is 0 Å². The predicted molar refractivity (Wildman–Crippen MR) is 187 cm³/mol. The Morgan fingerprint density at radius 1 is 1.05 bits per heavy atom. The van der Waals surface area contributed by atoms with E-state index in [0.29, 0.717) is 29.2 Å². The van der Waals surface area contributed by atoms with Gasteiger partial charge in [-0.3, -0.25) is 19.4 Å². The summed E-state index contributed by atoms with van der Waals surface area (Å²) >= 11 is 0. The van der Waals surface area contributed by atoms with Crippen LogP contribution in [0.1, 0.15) is 43.5 Å². The van der Waals surface area contributed by atoms with Crippen molar-refractivity contribution in [3.63, 3.8) is 0 Å². The molecular weight excluding hydrogens is 730 g/mol. The fraction of sp³-hybridized carbons (Fsp3) is 0.432. The second-order valence-corrected chi connectivity index (χ2v) is 14.0. The number of carbonyl (C=O) groups is 2. The van der Waals surface area contributed by atoms with Crippen LogP contribution in [0.4, 0.5) is 17.6 Å². The summed E-state index contributed by atoms with van der Waals surface area (Å²) in [5.41, 5.74) is 0.243. The minimum atomic E-state index is -4.66. The molecule has 0 aliphatic carbocycles. The van der Waals surface area contributed by atoms with E-state index in [4.69, 9.17) is 13.6 Å². The fourth-order valence-electron chi connectivity index (χ4n) is 6.67. The number of benzene rings is 2. The Morgan fingerprint density at radius 3 is 2.51 bits per heavy atom. The minimum Gasteiger partial charge on any atom is -0.507 e. The fourth-order valence-corrected chi connectivity index (χ4v) is 6.67. The standard InChI is InChI=1S/C37H41F4N7O7/c1-21-45-46-31(54-21)15-23(33(51)44-32-26-6-4-5-7-29(26)53-19-28(32)50)14-25(49)17-47-12-13-48(18-27(47)34(52)43-20-37(39,40)41)36(2,3)35-42-16-30(55-35)22-8-10-24(38)11-9-22/h4-11,16,23,25,27,49-50H,12-15,17-20H2,1-3H3,(H,43,52)(H,44,51)/t23-,25-,27-/m0/s1. The predicted octanol–water partition coefficient (Wildman–Crippen LogP) is 4.12. The Hall–Kier alpha value is -5.33. The molecule has 0 unspecified atom stereocenters. The first kappa shape index (κ1) is 39.4. The van der Waals surface area contributed by atoms with Gasteiger partial charge >= 0.3 is 6.18 Å². The number of aliphatic hydroxyl groups excluding tert-OH is 2. The molecule has 3 atom stereocenters. The summed E-state index contributed by atoms with van der Waals surface area (Å²) in [5, 5.41) is 34.7. The van der Waals surface area contributed by atoms with Crippen LogP contribution < -0.4 is 15.4 Å². The van der Waals surface area contributed by atoms with Crippen LogP contribution in [-0.2, 0) is 21.5 Å². The molecule has 2 aliphatic rings. The van der Waals surface area contributed by atoms with E-state index < -0.39 is 54.0 Å². The second kappa shape index (κ2) is 16.2. The lowest BCUT2D eigenvalue weighted by Crippen LogP contribution is -2.63. The van der Waals surface area contributed by atoms with Gasteiger partial charge in [-0.05, 0) is 56.7 Å². The Balaban J connectivity index is 1.19. The first-order valence-corrected chi connectivity index (χ1v) is 17.6. The Bertz CT molecular complexity index is 2010. The number of amides is 2. The SMILES string of the molecule is Cc1nnc(C[C@H](C[C@H](O)CN2CCN(C(C)(C)c3ncc(-c4ccc(F)cc4)o3)C[C@H]2C(=O)NCC(F)(F)F)C(=O)NC2=C(O)COc3ccccc32)o1. The van der Waals surface area contributed by atoms with Crippen LogP contribution in [0, 0.1) is 18.7 Å². The molecule has 4 N–H and O–H groups in total. The van der Waals surface area contributed by atoms with E-state index in [2.05, 4.69) is 20.5 Å². The first-order chi connectivity index (χ1) is 26.1. The molecule has 0 spiro atoms. The van der Waals surface area contributed by atoms with Crippen molar-refractivity contribution >= 4 is 17.5 Å². The molecule has 6 rings (SSSR count). The molecule has 0 saturated carbocycles. The number of nitrogens with one attached hydrogen (secondary N) is 2. The molecule has 1 saturated heterocycles. The molecule has 14 nitrogen and oxygen atoms in total. The maximum Gasteiger partial charge on any atom is 0.405 e. The van der Waals surface area contributed by atoms with Crippen LogP contribution in [0.3, 0.4) is 0 Å². The number of piperazine rings is 1. The molecule has 1 fully saturated rings. The van der Waals surface area contributed by atoms with Gasteiger partial charge in [0.15, 0.2) is 11.5 Å². The highest BCUT2D eigenvalue weighted by Crippen LogP contribution is 2.34. The highest BCUT2D eigenvalue weighted by atomic mass is 19.4. The summed E-state index contributed by atoms with van der Waals surface area (Å²) in [6, 6.07) is 11.3. The van der Waals surface area contributed by atoms with Gasteiger partial charge in [0, 0.05) is 56.6 Å². The number of aliphatic hydroxyl groups is 2. The van der Waals surface area contributed by atoms with Crippen LogP contribution in [0.25, 0.3) is 17.0 Å². The maximum atomic E-state index is 13.8. The zero-order valence-electron chi connectivity index (χ0n) is 30.3. The zero-order valence-corrected chi connectivity index (χ0v) is 30.3. The van der Waals surface area contributed by atoms with Gasteiger partial charge < -0.3 is 34.4 Å². The number of aryl methyl sites for hydroxylation is 1. The summed E-state index contributed by atoms with van der Waals surface area (Å²) in [4.78, 5) is 35.1. The number of rotatable bonds is 13. The second-order valence-electron chi connectivity index (χ2n) is 14.0. The van der Waals surface area contributed by atoms with E-state index in [1.54, 1.807) is 62.1 Å². The number of hydrogen-bond donors (Lipinski definition) is 4. The first-order valence-electron chi connectivity index (χ1n) is 17.6. The quantitative estimate of drug-likeness (QED) is 0.143. The molecule has 2 aromatic heterocycles. The zero-order chi connectivity index (χ0) is 39.5. The highest BCUT2D eigenvalue weighted by molar-refractivity contribution is 5.90. The number of β-amino-alcohol motifs (C(OH)–C–C–N with tert-alkyl or cyclic N) is 1. The maximum absolute atomic E-state index is 13.8. The van der Waals surface area contributed by atoms with Gasteiger partial charge in [0.1, 0.15) is 30.8 Å². The molecule has 294 valence electrons. The van der Waals surface area contributed by atoms with Gasteiger partial charge in [-0.25, -0.2) is 9.37 Å². The summed E-state index contributed by atoms with van der Waals surface area (Å²) in [5.74, 6) is -1.59. The topological polar surface area (TPSA) is 179 Å². The lowest BCUT2D eigenvalue weighted by Gasteiger charge is -2.46. The van der Waals surface area contributed by atoms with E-state index in [1.807, 2.05) is 10.2 Å². The average Bonchev–Trinajstić information content (AvgIpc) is 3.81. The normalized spacial score (nSPS) is 18.0. The number of hydrogen-bond acceptors (Lipinski definition) is 12. The molecule has 0 bridgehead atoms. The van der Waals surface area contributed by atoms with Gasteiger partial charge in [-0.15, -0.1) is 10.2 Å². The van der Waals surface area contributed by atoms with E-state index >= 15 is 0 Å². The number of carbonyl (C=O) groups excluding carboxylic acids is 2. The number of halogens is 4. The molecule has 2 amide bonds. The van der Waals surface area contributed by atoms with Gasteiger partial charge in [-0.1, -0.05) is 12.1 Å². The van der Waals surface area contributed by atoms with Crippen molar-refractivity contribution in [3.8, 4) is 17.1 Å². The molecule has 18 heteroatoms. The lowest BCUT2D eigenvalue weighted by atomic mass is 9.94. The minimum absolute atomic E-state index is 0.0578. The number of nitrogens with zero attached hydrogens (tertiary/aromatic N) is 5. The van der Waals surface area contributed by atoms with Gasteiger partial charge in [0.2, 0.25) is 29.5 Å². The average molecular weight is 772 g/mol. The molecule has 55 heavy (non-hydrogen) atoms. The van der Waals surface area contributed by atoms with E-state index in [1.165, 1.54) is 18.3 Å². The van der Waals surface area contributed by atoms with Crippen molar-refractivity contribution in [2.45, 2.75) is 57.5 Å². The summed E-state index contributed by atoms with van der Waals surface area (Å²) in [6.07, 6.45) is -4.68. The van der Waals surface area contributed by atoms with Crippen molar-refractivity contribution in [1.29, 1.82) is 0 Å². The van der Waals surface area contributed by atoms with Crippen molar-refractivity contribution < 1.29 is 50.9 Å². The van der Waals surface area contributed by atoms with Gasteiger partial charge in [-0.2, -0.15) is 13.2 Å². The largest absolute Gasteiger partial charge is 0.507 e. The van der Waals surface area contributed by atoms with Crippen LogP contribution in [0.15, 0.2) is 69.3 Å².